The molecule has 0 fully saturated rings. The summed E-state index contributed by atoms with van der Waals surface area (Å²) in [5.74, 6) is 0.659. The van der Waals surface area contributed by atoms with Gasteiger partial charge >= 0.3 is 119 Å². The Bertz CT molecular complexity index is 823. The zero-order chi connectivity index (χ0) is 13.4. The van der Waals surface area contributed by atoms with Crippen molar-refractivity contribution in [3.8, 4) is 5.82 Å². The summed E-state index contributed by atoms with van der Waals surface area (Å²) >= 11 is 5.47. The van der Waals surface area contributed by atoms with E-state index < -0.39 is 4.92 Å². The van der Waals surface area contributed by atoms with E-state index in [1.54, 1.807) is 6.07 Å². The fourth-order valence-electron chi connectivity index (χ4n) is 1.73. The SMILES string of the molecule is O=[N+]([O-])c1ccc(-n2[se]c3ccccc3c2=S)nc1. The molecule has 94 valence electrons. The van der Waals surface area contributed by atoms with Crippen LogP contribution >= 0.6 is 12.2 Å². The minimum absolute atomic E-state index is 0.0149. The molecule has 7 heteroatoms. The fraction of sp³-hybridized carbons (Fsp3) is 0. The van der Waals surface area contributed by atoms with E-state index in [0.717, 1.165) is 10.0 Å². The standard InChI is InChI=1S/C12H7N3O2SSe/c16-15(17)8-5-6-11(13-7-8)14-12(18)9-3-1-2-4-10(9)19-14/h1-7H. The second-order valence-electron chi connectivity index (χ2n) is 3.82. The first kappa shape index (κ1) is 12.2. The average molecular weight is 336 g/mol. The summed E-state index contributed by atoms with van der Waals surface area (Å²) in [6.45, 7) is 0. The normalized spacial score (nSPS) is 10.7. The van der Waals surface area contributed by atoms with E-state index >= 15 is 0 Å². The van der Waals surface area contributed by atoms with Crippen LogP contribution in [0.15, 0.2) is 42.6 Å². The van der Waals surface area contributed by atoms with Crippen molar-refractivity contribution in [2.45, 2.75) is 0 Å². The maximum absolute atomic E-state index is 10.6. The fourth-order valence-corrected chi connectivity index (χ4v) is 4.40. The molecule has 2 heterocycles. The third kappa shape index (κ3) is 2.12. The summed E-state index contributed by atoms with van der Waals surface area (Å²) < 4.78 is 3.88. The summed E-state index contributed by atoms with van der Waals surface area (Å²) in [6, 6.07) is 11.1. The van der Waals surface area contributed by atoms with E-state index in [4.69, 9.17) is 12.2 Å². The second kappa shape index (κ2) is 4.69. The van der Waals surface area contributed by atoms with E-state index in [1.165, 1.54) is 16.5 Å². The number of hydrogen-bond acceptors (Lipinski definition) is 4. The molecular weight excluding hydrogens is 329 g/mol. The molecule has 0 amide bonds. The van der Waals surface area contributed by atoms with Crippen LogP contribution in [-0.4, -0.2) is 28.2 Å². The molecule has 0 N–H and O–H groups in total. The van der Waals surface area contributed by atoms with E-state index in [1.807, 2.05) is 27.8 Å². The van der Waals surface area contributed by atoms with Crippen LogP contribution in [0.2, 0.25) is 0 Å². The molecule has 0 bridgehead atoms. The third-order valence-electron chi connectivity index (χ3n) is 2.64. The Hall–Kier alpha value is -1.82. The molecule has 2 aromatic heterocycles. The number of nitrogens with zero attached hydrogens (tertiary/aromatic N) is 3. The number of benzene rings is 1. The van der Waals surface area contributed by atoms with Gasteiger partial charge in [-0.25, -0.2) is 0 Å². The maximum atomic E-state index is 10.6. The number of hydrogen-bond donors (Lipinski definition) is 0. The number of pyridine rings is 1. The molecule has 3 aromatic rings. The Balaban J connectivity index is 2.16. The topological polar surface area (TPSA) is 61.0 Å². The molecule has 0 aliphatic carbocycles. The molecule has 0 unspecified atom stereocenters. The van der Waals surface area contributed by atoms with Crippen molar-refractivity contribution >= 4 is 42.3 Å². The van der Waals surface area contributed by atoms with E-state index in [2.05, 4.69) is 4.98 Å². The van der Waals surface area contributed by atoms with Crippen LogP contribution in [0.5, 0.6) is 0 Å². The third-order valence-corrected chi connectivity index (χ3v) is 5.62. The van der Waals surface area contributed by atoms with Crippen LogP contribution in [0.25, 0.3) is 15.5 Å². The number of fused-ring (bicyclic) bond motifs is 1. The molecule has 0 radical (unpaired) electrons. The van der Waals surface area contributed by atoms with Gasteiger partial charge in [0.2, 0.25) is 0 Å². The average Bonchev–Trinajstić information content (AvgIpc) is 2.77. The molecular formula is C12H7N3O2SSe. The Morgan fingerprint density at radius 2 is 2.05 bits per heavy atom. The molecule has 1 aromatic carbocycles. The molecule has 0 saturated carbocycles. The van der Waals surface area contributed by atoms with Gasteiger partial charge in [0.25, 0.3) is 0 Å². The molecule has 19 heavy (non-hydrogen) atoms. The quantitative estimate of drug-likeness (QED) is 0.312. The van der Waals surface area contributed by atoms with Crippen LogP contribution in [0.4, 0.5) is 5.69 Å². The van der Waals surface area contributed by atoms with Gasteiger partial charge in [-0.1, -0.05) is 0 Å². The predicted octanol–water partition coefficient (Wildman–Crippen LogP) is 2.72. The zero-order valence-electron chi connectivity index (χ0n) is 9.52. The van der Waals surface area contributed by atoms with Gasteiger partial charge in [0.1, 0.15) is 0 Å². The predicted molar refractivity (Wildman–Crippen MR) is 75.5 cm³/mol. The first-order valence-electron chi connectivity index (χ1n) is 5.39. The molecule has 0 aliphatic rings. The van der Waals surface area contributed by atoms with Crippen LogP contribution in [0, 0.1) is 14.8 Å². The summed E-state index contributed by atoms with van der Waals surface area (Å²) in [7, 11) is 0. The van der Waals surface area contributed by atoms with Crippen molar-refractivity contribution in [1.82, 2.24) is 8.55 Å². The Kier molecular flexibility index (Phi) is 3.02. The van der Waals surface area contributed by atoms with Crippen molar-refractivity contribution in [3.05, 3.63) is 57.3 Å². The van der Waals surface area contributed by atoms with Gasteiger partial charge in [0, 0.05) is 0 Å². The second-order valence-corrected chi connectivity index (χ2v) is 6.28. The van der Waals surface area contributed by atoms with Crippen LogP contribution in [0.1, 0.15) is 0 Å². The van der Waals surface area contributed by atoms with Gasteiger partial charge in [-0.05, 0) is 0 Å². The van der Waals surface area contributed by atoms with Crippen LogP contribution in [-0.2, 0) is 0 Å². The molecule has 0 spiro atoms. The van der Waals surface area contributed by atoms with E-state index in [0.29, 0.717) is 5.82 Å². The van der Waals surface area contributed by atoms with E-state index in [9.17, 15) is 10.1 Å². The van der Waals surface area contributed by atoms with Crippen molar-refractivity contribution in [1.29, 1.82) is 0 Å². The first-order valence-corrected chi connectivity index (χ1v) is 7.42. The van der Waals surface area contributed by atoms with Gasteiger partial charge in [-0.2, -0.15) is 0 Å². The molecule has 5 nitrogen and oxygen atoms in total. The molecule has 0 atom stereocenters. The minimum atomic E-state index is -0.459. The summed E-state index contributed by atoms with van der Waals surface area (Å²) in [5, 5.41) is 11.7. The molecule has 0 aliphatic heterocycles. The molecule has 0 saturated heterocycles. The number of rotatable bonds is 2. The van der Waals surface area contributed by atoms with Gasteiger partial charge in [0.05, 0.1) is 0 Å². The summed E-state index contributed by atoms with van der Waals surface area (Å²) in [5.41, 5.74) is -0.0149. The summed E-state index contributed by atoms with van der Waals surface area (Å²) in [6.07, 6.45) is 1.26. The van der Waals surface area contributed by atoms with Crippen LogP contribution in [0.3, 0.4) is 0 Å². The number of aromatic nitrogens is 2. The van der Waals surface area contributed by atoms with Crippen molar-refractivity contribution < 1.29 is 4.92 Å². The van der Waals surface area contributed by atoms with Crippen LogP contribution < -0.4 is 0 Å². The summed E-state index contributed by atoms with van der Waals surface area (Å²) in [4.78, 5) is 14.3. The Morgan fingerprint density at radius 3 is 2.68 bits per heavy atom. The van der Waals surface area contributed by atoms with E-state index in [-0.39, 0.29) is 20.4 Å². The first-order chi connectivity index (χ1) is 9.16. The van der Waals surface area contributed by atoms with Crippen molar-refractivity contribution in [3.63, 3.8) is 0 Å². The van der Waals surface area contributed by atoms with Crippen molar-refractivity contribution in [2.24, 2.45) is 0 Å². The molecule has 3 rings (SSSR count). The van der Waals surface area contributed by atoms with Gasteiger partial charge in [0.15, 0.2) is 0 Å². The monoisotopic (exact) mass is 337 g/mol. The van der Waals surface area contributed by atoms with Gasteiger partial charge in [-0.3, -0.25) is 0 Å². The Morgan fingerprint density at radius 1 is 1.26 bits per heavy atom. The van der Waals surface area contributed by atoms with Gasteiger partial charge in [-0.15, -0.1) is 0 Å². The van der Waals surface area contributed by atoms with Crippen molar-refractivity contribution in [2.75, 3.05) is 0 Å². The zero-order valence-corrected chi connectivity index (χ0v) is 12.0. The Labute approximate surface area is 119 Å². The van der Waals surface area contributed by atoms with Gasteiger partial charge < -0.3 is 0 Å². The number of nitro groups is 1.